The monoisotopic (exact) mass is 360 g/mol. The molecular formula is C20H24O6. The summed E-state index contributed by atoms with van der Waals surface area (Å²) in [5.41, 5.74) is 2.25. The average molecular weight is 360 g/mol. The fraction of sp³-hybridized carbons (Fsp3) is 0.500. The molecule has 2 aliphatic carbocycles. The number of aliphatic hydroxyl groups is 2. The van der Waals surface area contributed by atoms with Gasteiger partial charge in [-0.2, -0.15) is 0 Å². The minimum Gasteiger partial charge on any atom is -0.458 e. The van der Waals surface area contributed by atoms with Gasteiger partial charge in [-0.05, 0) is 19.9 Å². The van der Waals surface area contributed by atoms with Crippen LogP contribution in [0.25, 0.3) is 0 Å². The third-order valence-electron chi connectivity index (χ3n) is 5.64. The normalized spacial score (nSPS) is 36.8. The van der Waals surface area contributed by atoms with Crippen LogP contribution in [0.15, 0.2) is 47.6 Å². The molecule has 0 spiro atoms. The molecule has 6 nitrogen and oxygen atoms in total. The van der Waals surface area contributed by atoms with E-state index in [0.29, 0.717) is 6.42 Å². The second kappa shape index (κ2) is 6.85. The number of hydrogen-bond acceptors (Lipinski definition) is 6. The first-order valence-electron chi connectivity index (χ1n) is 8.68. The smallest absolute Gasteiger partial charge is 0.334 e. The van der Waals surface area contributed by atoms with Gasteiger partial charge in [-0.25, -0.2) is 9.59 Å². The van der Waals surface area contributed by atoms with Crippen molar-refractivity contribution in [3.8, 4) is 0 Å². The molecule has 6 heteroatoms. The Hall–Kier alpha value is -2.18. The second-order valence-electron chi connectivity index (χ2n) is 7.25. The summed E-state index contributed by atoms with van der Waals surface area (Å²) in [5.74, 6) is -2.04. The first-order valence-corrected chi connectivity index (χ1v) is 8.68. The van der Waals surface area contributed by atoms with Gasteiger partial charge in [0.2, 0.25) is 0 Å². The van der Waals surface area contributed by atoms with E-state index in [4.69, 9.17) is 14.6 Å². The number of hydrogen-bond donors (Lipinski definition) is 2. The van der Waals surface area contributed by atoms with E-state index in [9.17, 15) is 14.7 Å². The summed E-state index contributed by atoms with van der Waals surface area (Å²) in [4.78, 5) is 24.5. The van der Waals surface area contributed by atoms with Gasteiger partial charge < -0.3 is 19.7 Å². The average Bonchev–Trinajstić information content (AvgIpc) is 2.97. The van der Waals surface area contributed by atoms with Crippen molar-refractivity contribution < 1.29 is 29.3 Å². The molecule has 0 bridgehead atoms. The zero-order chi connectivity index (χ0) is 19.2. The van der Waals surface area contributed by atoms with Gasteiger partial charge in [0, 0.05) is 29.4 Å². The highest BCUT2D eigenvalue weighted by Crippen LogP contribution is 2.51. The van der Waals surface area contributed by atoms with Crippen molar-refractivity contribution in [2.75, 3.05) is 6.61 Å². The van der Waals surface area contributed by atoms with E-state index in [2.05, 4.69) is 13.2 Å². The van der Waals surface area contributed by atoms with E-state index in [-0.39, 0.29) is 29.6 Å². The molecule has 3 rings (SSSR count). The maximum absolute atomic E-state index is 12.3. The van der Waals surface area contributed by atoms with Crippen molar-refractivity contribution in [3.63, 3.8) is 0 Å². The van der Waals surface area contributed by atoms with Crippen LogP contribution in [0.3, 0.4) is 0 Å². The zero-order valence-electron chi connectivity index (χ0n) is 15.0. The van der Waals surface area contributed by atoms with Crippen molar-refractivity contribution in [1.82, 2.24) is 0 Å². The quantitative estimate of drug-likeness (QED) is 0.450. The molecule has 140 valence electrons. The predicted molar refractivity (Wildman–Crippen MR) is 93.7 cm³/mol. The van der Waals surface area contributed by atoms with Crippen molar-refractivity contribution in [3.05, 3.63) is 47.6 Å². The molecule has 0 aromatic heterocycles. The van der Waals surface area contributed by atoms with Crippen LogP contribution < -0.4 is 0 Å². The Balaban J connectivity index is 1.96. The Kier molecular flexibility index (Phi) is 4.90. The van der Waals surface area contributed by atoms with Gasteiger partial charge >= 0.3 is 11.9 Å². The maximum Gasteiger partial charge on any atom is 0.334 e. The number of esters is 2. The van der Waals surface area contributed by atoms with Crippen LogP contribution in [0.4, 0.5) is 0 Å². The molecule has 1 aliphatic heterocycles. The van der Waals surface area contributed by atoms with Crippen LogP contribution in [-0.2, 0) is 19.1 Å². The zero-order valence-corrected chi connectivity index (χ0v) is 15.0. The number of carbonyl (C=O) groups excluding carboxylic acids is 2. The van der Waals surface area contributed by atoms with E-state index >= 15 is 0 Å². The first-order chi connectivity index (χ1) is 12.3. The summed E-state index contributed by atoms with van der Waals surface area (Å²) in [6.45, 7) is 11.1. The third kappa shape index (κ3) is 2.93. The topological polar surface area (TPSA) is 93.1 Å². The number of rotatable bonds is 3. The van der Waals surface area contributed by atoms with Gasteiger partial charge in [-0.1, -0.05) is 30.4 Å². The van der Waals surface area contributed by atoms with Gasteiger partial charge in [0.1, 0.15) is 12.2 Å². The molecular weight excluding hydrogens is 336 g/mol. The number of ether oxygens (including phenoxy) is 2. The Morgan fingerprint density at radius 3 is 2.73 bits per heavy atom. The van der Waals surface area contributed by atoms with Crippen LogP contribution >= 0.6 is 0 Å². The Bertz CT molecular complexity index is 731. The molecule has 0 radical (unpaired) electrons. The molecule has 6 atom stereocenters. The molecule has 1 saturated heterocycles. The van der Waals surface area contributed by atoms with Crippen molar-refractivity contribution in [2.45, 2.75) is 38.6 Å². The highest BCUT2D eigenvalue weighted by atomic mass is 16.6. The lowest BCUT2D eigenvalue weighted by Crippen LogP contribution is -2.36. The van der Waals surface area contributed by atoms with Gasteiger partial charge in [0.15, 0.2) is 0 Å². The molecule has 6 unspecified atom stereocenters. The number of fused-ring (bicyclic) bond motifs is 3. The first kappa shape index (κ1) is 18.6. The minimum absolute atomic E-state index is 0.205. The fourth-order valence-electron chi connectivity index (χ4n) is 4.37. The van der Waals surface area contributed by atoms with E-state index in [1.54, 1.807) is 13.0 Å². The van der Waals surface area contributed by atoms with Gasteiger partial charge in [-0.15, -0.1) is 0 Å². The summed E-state index contributed by atoms with van der Waals surface area (Å²) >= 11 is 0. The molecule has 0 aromatic carbocycles. The van der Waals surface area contributed by atoms with Crippen LogP contribution in [0.5, 0.6) is 0 Å². The SMILES string of the molecule is C=C1C(=O)OC2C1C(OC(=O)C(C)=CCO)CC(=C)C1C(O)C=C(C)C21. The summed E-state index contributed by atoms with van der Waals surface area (Å²) < 4.78 is 11.2. The van der Waals surface area contributed by atoms with Gasteiger partial charge in [0.05, 0.1) is 18.6 Å². The standard InChI is InChI=1S/C20H24O6/c1-9(5-6-21)19(23)25-14-8-11(3)15-13(22)7-10(2)16(15)18-17(14)12(4)20(24)26-18/h5,7,13-18,21-22H,3-4,6,8H2,1-2H3. The van der Waals surface area contributed by atoms with E-state index < -0.39 is 36.2 Å². The second-order valence-corrected chi connectivity index (χ2v) is 7.25. The Morgan fingerprint density at radius 2 is 2.08 bits per heavy atom. The number of carbonyl (C=O) groups is 2. The Morgan fingerprint density at radius 1 is 1.38 bits per heavy atom. The van der Waals surface area contributed by atoms with E-state index in [1.807, 2.05) is 6.92 Å². The molecule has 26 heavy (non-hydrogen) atoms. The summed E-state index contributed by atoms with van der Waals surface area (Å²) in [5, 5.41) is 19.4. The molecule has 1 heterocycles. The molecule has 3 aliphatic rings. The largest absolute Gasteiger partial charge is 0.458 e. The van der Waals surface area contributed by atoms with E-state index in [1.165, 1.54) is 6.08 Å². The van der Waals surface area contributed by atoms with Gasteiger partial charge in [0.25, 0.3) is 0 Å². The van der Waals surface area contributed by atoms with Crippen molar-refractivity contribution in [2.24, 2.45) is 17.8 Å². The maximum atomic E-state index is 12.3. The highest BCUT2D eigenvalue weighted by Gasteiger charge is 2.56. The fourth-order valence-corrected chi connectivity index (χ4v) is 4.37. The summed E-state index contributed by atoms with van der Waals surface area (Å²) in [6.07, 6.45) is 1.54. The lowest BCUT2D eigenvalue weighted by molar-refractivity contribution is -0.148. The highest BCUT2D eigenvalue weighted by molar-refractivity contribution is 5.92. The van der Waals surface area contributed by atoms with Crippen molar-refractivity contribution in [1.29, 1.82) is 0 Å². The van der Waals surface area contributed by atoms with Gasteiger partial charge in [-0.3, -0.25) is 0 Å². The molecule has 0 amide bonds. The van der Waals surface area contributed by atoms with Crippen molar-refractivity contribution >= 4 is 11.9 Å². The molecule has 2 fully saturated rings. The van der Waals surface area contributed by atoms with Crippen LogP contribution in [0.2, 0.25) is 0 Å². The van der Waals surface area contributed by atoms with E-state index in [0.717, 1.165) is 11.1 Å². The summed E-state index contributed by atoms with van der Waals surface area (Å²) in [6, 6.07) is 0. The Labute approximate surface area is 152 Å². The molecule has 2 N–H and O–H groups in total. The van der Waals surface area contributed by atoms with Crippen LogP contribution in [-0.4, -0.2) is 47.1 Å². The van der Waals surface area contributed by atoms with Crippen LogP contribution in [0, 0.1) is 17.8 Å². The third-order valence-corrected chi connectivity index (χ3v) is 5.64. The minimum atomic E-state index is -0.703. The molecule has 0 aromatic rings. The van der Waals surface area contributed by atoms with Crippen LogP contribution in [0.1, 0.15) is 20.3 Å². The summed E-state index contributed by atoms with van der Waals surface area (Å²) in [7, 11) is 0. The number of aliphatic hydroxyl groups excluding tert-OH is 2. The predicted octanol–water partition coefficient (Wildman–Crippen LogP) is 1.45. The lowest BCUT2D eigenvalue weighted by atomic mass is 9.79. The lowest BCUT2D eigenvalue weighted by Gasteiger charge is -2.29. The molecule has 1 saturated carbocycles.